The lowest BCUT2D eigenvalue weighted by molar-refractivity contribution is -0.132. The highest BCUT2D eigenvalue weighted by molar-refractivity contribution is 6.30. The Morgan fingerprint density at radius 2 is 2.21 bits per heavy atom. The molecular formula is C10H8ClFO2. The molecule has 1 rings (SSSR count). The largest absolute Gasteiger partial charge is 0.478 e. The summed E-state index contributed by atoms with van der Waals surface area (Å²) < 4.78 is 12.7. The second-order valence-electron chi connectivity index (χ2n) is 2.81. The van der Waals surface area contributed by atoms with Gasteiger partial charge in [-0.15, -0.1) is 0 Å². The fourth-order valence-electron chi connectivity index (χ4n) is 0.914. The predicted octanol–water partition coefficient (Wildman–Crippen LogP) is 2.97. The molecule has 0 aliphatic rings. The zero-order chi connectivity index (χ0) is 10.7. The van der Waals surface area contributed by atoms with Crippen LogP contribution in [-0.2, 0) is 4.79 Å². The summed E-state index contributed by atoms with van der Waals surface area (Å²) in [5, 5.41) is 8.58. The smallest absolute Gasteiger partial charge is 0.331 e. The summed E-state index contributed by atoms with van der Waals surface area (Å²) >= 11 is 5.53. The minimum atomic E-state index is -1.01. The van der Waals surface area contributed by atoms with Gasteiger partial charge in [0.05, 0.1) is 5.02 Å². The van der Waals surface area contributed by atoms with Crippen LogP contribution in [0.15, 0.2) is 23.8 Å². The molecule has 0 heterocycles. The van der Waals surface area contributed by atoms with Crippen LogP contribution in [0, 0.1) is 5.82 Å². The minimum Gasteiger partial charge on any atom is -0.478 e. The van der Waals surface area contributed by atoms with Gasteiger partial charge in [0.1, 0.15) is 5.82 Å². The van der Waals surface area contributed by atoms with Crippen molar-refractivity contribution >= 4 is 23.6 Å². The topological polar surface area (TPSA) is 37.3 Å². The number of hydrogen-bond acceptors (Lipinski definition) is 1. The molecule has 0 bridgehead atoms. The van der Waals surface area contributed by atoms with Gasteiger partial charge < -0.3 is 5.11 Å². The summed E-state index contributed by atoms with van der Waals surface area (Å²) in [4.78, 5) is 10.5. The SMILES string of the molecule is C/C(=C\c1ccc(F)c(Cl)c1)C(=O)O. The molecule has 0 atom stereocenters. The van der Waals surface area contributed by atoms with Crippen molar-refractivity contribution in [1.29, 1.82) is 0 Å². The van der Waals surface area contributed by atoms with E-state index in [1.165, 1.54) is 31.2 Å². The Balaban J connectivity index is 3.04. The Hall–Kier alpha value is -1.35. The molecule has 0 saturated carbocycles. The van der Waals surface area contributed by atoms with E-state index in [1.807, 2.05) is 0 Å². The average molecular weight is 215 g/mol. The second-order valence-corrected chi connectivity index (χ2v) is 3.21. The Morgan fingerprint density at radius 3 is 2.71 bits per heavy atom. The van der Waals surface area contributed by atoms with Gasteiger partial charge in [-0.1, -0.05) is 17.7 Å². The van der Waals surface area contributed by atoms with Crippen molar-refractivity contribution in [2.45, 2.75) is 6.92 Å². The van der Waals surface area contributed by atoms with Crippen LogP contribution >= 0.6 is 11.6 Å². The third kappa shape index (κ3) is 2.57. The number of carbonyl (C=O) groups is 1. The maximum absolute atomic E-state index is 12.7. The molecule has 4 heteroatoms. The molecule has 0 aliphatic carbocycles. The Labute approximate surface area is 85.6 Å². The molecule has 74 valence electrons. The summed E-state index contributed by atoms with van der Waals surface area (Å²) in [6, 6.07) is 4.04. The molecule has 2 nitrogen and oxygen atoms in total. The second kappa shape index (κ2) is 4.24. The fraction of sp³-hybridized carbons (Fsp3) is 0.100. The average Bonchev–Trinajstić information content (AvgIpc) is 2.11. The molecule has 0 spiro atoms. The van der Waals surface area contributed by atoms with E-state index in [9.17, 15) is 9.18 Å². The van der Waals surface area contributed by atoms with E-state index in [4.69, 9.17) is 16.7 Å². The summed E-state index contributed by atoms with van der Waals surface area (Å²) in [6.07, 6.45) is 1.42. The first-order valence-corrected chi connectivity index (χ1v) is 4.25. The van der Waals surface area contributed by atoms with Gasteiger partial charge in [0, 0.05) is 5.57 Å². The van der Waals surface area contributed by atoms with Crippen LogP contribution in [-0.4, -0.2) is 11.1 Å². The highest BCUT2D eigenvalue weighted by Crippen LogP contribution is 2.17. The van der Waals surface area contributed by atoms with Gasteiger partial charge in [-0.05, 0) is 30.7 Å². The Morgan fingerprint density at radius 1 is 1.57 bits per heavy atom. The fourth-order valence-corrected chi connectivity index (χ4v) is 1.10. The van der Waals surface area contributed by atoms with Gasteiger partial charge in [-0.2, -0.15) is 0 Å². The summed E-state index contributed by atoms with van der Waals surface area (Å²) in [5.74, 6) is -1.53. The van der Waals surface area contributed by atoms with Crippen LogP contribution in [0.1, 0.15) is 12.5 Å². The van der Waals surface area contributed by atoms with Crippen molar-refractivity contribution in [3.8, 4) is 0 Å². The number of aliphatic carboxylic acids is 1. The zero-order valence-electron chi connectivity index (χ0n) is 7.42. The van der Waals surface area contributed by atoms with Gasteiger partial charge in [0.25, 0.3) is 0 Å². The highest BCUT2D eigenvalue weighted by Gasteiger charge is 2.02. The molecule has 1 aromatic rings. The molecule has 0 amide bonds. The van der Waals surface area contributed by atoms with E-state index in [0.29, 0.717) is 5.56 Å². The standard InChI is InChI=1S/C10H8ClFO2/c1-6(10(13)14)4-7-2-3-9(12)8(11)5-7/h2-5H,1H3,(H,13,14)/b6-4+. The van der Waals surface area contributed by atoms with Crippen LogP contribution in [0.3, 0.4) is 0 Å². The summed E-state index contributed by atoms with van der Waals surface area (Å²) in [5.41, 5.74) is 0.740. The number of halogens is 2. The lowest BCUT2D eigenvalue weighted by atomic mass is 10.1. The van der Waals surface area contributed by atoms with Crippen molar-refractivity contribution in [2.24, 2.45) is 0 Å². The molecular weight excluding hydrogens is 207 g/mol. The van der Waals surface area contributed by atoms with E-state index >= 15 is 0 Å². The third-order valence-corrected chi connectivity index (χ3v) is 1.95. The number of rotatable bonds is 2. The molecule has 1 aromatic carbocycles. The van der Waals surface area contributed by atoms with E-state index in [0.717, 1.165) is 0 Å². The Kier molecular flexibility index (Phi) is 3.25. The lowest BCUT2D eigenvalue weighted by Gasteiger charge is -1.97. The van der Waals surface area contributed by atoms with Gasteiger partial charge in [0.15, 0.2) is 0 Å². The summed E-state index contributed by atoms with van der Waals surface area (Å²) in [7, 11) is 0. The van der Waals surface area contributed by atoms with Crippen LogP contribution in [0.4, 0.5) is 4.39 Å². The van der Waals surface area contributed by atoms with Gasteiger partial charge >= 0.3 is 5.97 Å². The lowest BCUT2D eigenvalue weighted by Crippen LogP contribution is -1.95. The van der Waals surface area contributed by atoms with Crippen LogP contribution in [0.2, 0.25) is 5.02 Å². The van der Waals surface area contributed by atoms with E-state index < -0.39 is 11.8 Å². The highest BCUT2D eigenvalue weighted by atomic mass is 35.5. The van der Waals surface area contributed by atoms with Crippen molar-refractivity contribution in [3.05, 3.63) is 40.2 Å². The van der Waals surface area contributed by atoms with Gasteiger partial charge in [-0.25, -0.2) is 9.18 Å². The first-order chi connectivity index (χ1) is 6.50. The van der Waals surface area contributed by atoms with E-state index in [1.54, 1.807) is 0 Å². The van der Waals surface area contributed by atoms with Gasteiger partial charge in [0.2, 0.25) is 0 Å². The van der Waals surface area contributed by atoms with Crippen LogP contribution < -0.4 is 0 Å². The molecule has 0 aromatic heterocycles. The van der Waals surface area contributed by atoms with Crippen molar-refractivity contribution in [2.75, 3.05) is 0 Å². The number of carboxylic acid groups (broad SMARTS) is 1. The molecule has 14 heavy (non-hydrogen) atoms. The monoisotopic (exact) mass is 214 g/mol. The maximum Gasteiger partial charge on any atom is 0.331 e. The number of hydrogen-bond donors (Lipinski definition) is 1. The van der Waals surface area contributed by atoms with E-state index in [2.05, 4.69) is 0 Å². The quantitative estimate of drug-likeness (QED) is 0.769. The number of carboxylic acids is 1. The summed E-state index contributed by atoms with van der Waals surface area (Å²) in [6.45, 7) is 1.46. The first-order valence-electron chi connectivity index (χ1n) is 3.87. The predicted molar refractivity (Wildman–Crippen MR) is 52.7 cm³/mol. The van der Waals surface area contributed by atoms with Gasteiger partial charge in [-0.3, -0.25) is 0 Å². The maximum atomic E-state index is 12.7. The van der Waals surface area contributed by atoms with Crippen molar-refractivity contribution in [3.63, 3.8) is 0 Å². The van der Waals surface area contributed by atoms with E-state index in [-0.39, 0.29) is 10.6 Å². The van der Waals surface area contributed by atoms with Crippen LogP contribution in [0.25, 0.3) is 6.08 Å². The van der Waals surface area contributed by atoms with Crippen molar-refractivity contribution < 1.29 is 14.3 Å². The third-order valence-electron chi connectivity index (χ3n) is 1.66. The number of benzene rings is 1. The Bertz CT molecular complexity index is 399. The van der Waals surface area contributed by atoms with Crippen LogP contribution in [0.5, 0.6) is 0 Å². The normalized spacial score (nSPS) is 11.5. The molecule has 0 radical (unpaired) electrons. The molecule has 0 fully saturated rings. The first kappa shape index (κ1) is 10.7. The molecule has 0 saturated heterocycles. The minimum absolute atomic E-state index is 0.0167. The van der Waals surface area contributed by atoms with Crippen molar-refractivity contribution in [1.82, 2.24) is 0 Å². The molecule has 0 unspecified atom stereocenters. The molecule has 0 aliphatic heterocycles. The zero-order valence-corrected chi connectivity index (χ0v) is 8.18. The molecule has 1 N–H and O–H groups in total.